The number of amides is 2. The van der Waals surface area contributed by atoms with Crippen LogP contribution in [0, 0.1) is 18.6 Å². The number of carbonyl (C=O) groups is 2. The van der Waals surface area contributed by atoms with Crippen molar-refractivity contribution >= 4 is 11.8 Å². The Morgan fingerprint density at radius 3 is 2.17 bits per heavy atom. The zero-order valence-electron chi connectivity index (χ0n) is 24.4. The molecule has 2 aromatic rings. The Labute approximate surface area is 241 Å². The van der Waals surface area contributed by atoms with Crippen molar-refractivity contribution < 1.29 is 33.3 Å². The van der Waals surface area contributed by atoms with Gasteiger partial charge in [0.2, 0.25) is 0 Å². The highest BCUT2D eigenvalue weighted by molar-refractivity contribution is 6.00. The van der Waals surface area contributed by atoms with E-state index in [0.29, 0.717) is 24.2 Å². The van der Waals surface area contributed by atoms with Gasteiger partial charge in [0.1, 0.15) is 23.8 Å². The van der Waals surface area contributed by atoms with E-state index in [0.717, 1.165) is 63.1 Å². The minimum absolute atomic E-state index is 0.000750. The highest BCUT2D eigenvalue weighted by atomic mass is 19.1. The molecule has 3 atom stereocenters. The molecular formula is C32H44F2N2O5. The van der Waals surface area contributed by atoms with Crippen LogP contribution in [0.3, 0.4) is 0 Å². The first-order chi connectivity index (χ1) is 19.6. The van der Waals surface area contributed by atoms with Crippen molar-refractivity contribution in [3.63, 3.8) is 0 Å². The first-order valence-electron chi connectivity index (χ1n) is 14.8. The van der Waals surface area contributed by atoms with E-state index in [1.54, 1.807) is 24.0 Å². The van der Waals surface area contributed by atoms with E-state index >= 15 is 0 Å². The normalized spacial score (nSPS) is 16.2. The number of aryl methyl sites for hydroxylation is 1. The number of hydrogen-bond donors (Lipinski definition) is 3. The Hall–Kier alpha value is -2.88. The molecule has 0 spiro atoms. The summed E-state index contributed by atoms with van der Waals surface area (Å²) in [5.74, 6) is -2.33. The monoisotopic (exact) mass is 574 g/mol. The van der Waals surface area contributed by atoms with Crippen molar-refractivity contribution in [3.8, 4) is 0 Å². The molecule has 0 saturated heterocycles. The molecule has 0 heterocycles. The van der Waals surface area contributed by atoms with E-state index < -0.39 is 35.8 Å². The van der Waals surface area contributed by atoms with Crippen molar-refractivity contribution in [2.24, 2.45) is 0 Å². The largest absolute Gasteiger partial charge is 0.388 e. The molecule has 3 rings (SSSR count). The highest BCUT2D eigenvalue weighted by Crippen LogP contribution is 2.21. The predicted octanol–water partition coefficient (Wildman–Crippen LogP) is 4.95. The van der Waals surface area contributed by atoms with Crippen LogP contribution in [-0.2, 0) is 11.2 Å². The number of aliphatic hydroxyl groups excluding tert-OH is 2. The Morgan fingerprint density at radius 2 is 1.56 bits per heavy atom. The molecule has 1 fully saturated rings. The topological polar surface area (TPSA) is 99.1 Å². The number of benzene rings is 2. The van der Waals surface area contributed by atoms with Gasteiger partial charge < -0.3 is 25.2 Å². The molecule has 7 nitrogen and oxygen atoms in total. The van der Waals surface area contributed by atoms with E-state index in [4.69, 9.17) is 4.74 Å². The van der Waals surface area contributed by atoms with Crippen LogP contribution >= 0.6 is 0 Å². The molecule has 9 heteroatoms. The lowest BCUT2D eigenvalue weighted by molar-refractivity contribution is -0.0764. The Kier molecular flexibility index (Phi) is 12.7. The molecule has 3 N–H and O–H groups in total. The quantitative estimate of drug-likeness (QED) is 0.297. The Morgan fingerprint density at radius 1 is 0.951 bits per heavy atom. The van der Waals surface area contributed by atoms with E-state index in [-0.39, 0.29) is 36.2 Å². The van der Waals surface area contributed by atoms with Crippen LogP contribution in [0.25, 0.3) is 0 Å². The zero-order valence-corrected chi connectivity index (χ0v) is 24.4. The maximum absolute atomic E-state index is 13.9. The van der Waals surface area contributed by atoms with Gasteiger partial charge in [0, 0.05) is 30.3 Å². The molecule has 41 heavy (non-hydrogen) atoms. The molecule has 226 valence electrons. The van der Waals surface area contributed by atoms with E-state index in [2.05, 4.69) is 5.32 Å². The number of rotatable bonds is 14. The highest BCUT2D eigenvalue weighted by Gasteiger charge is 2.30. The number of nitrogens with one attached hydrogen (secondary N) is 1. The van der Waals surface area contributed by atoms with E-state index in [1.807, 2.05) is 13.8 Å². The first kappa shape index (κ1) is 32.6. The molecule has 0 radical (unpaired) electrons. The van der Waals surface area contributed by atoms with Gasteiger partial charge in [-0.25, -0.2) is 8.78 Å². The van der Waals surface area contributed by atoms with Gasteiger partial charge in [-0.1, -0.05) is 33.1 Å². The van der Waals surface area contributed by atoms with Gasteiger partial charge in [-0.15, -0.1) is 0 Å². The molecule has 0 aromatic heterocycles. The molecule has 2 amide bonds. The molecule has 0 aliphatic heterocycles. The average Bonchev–Trinajstić information content (AvgIpc) is 2.94. The van der Waals surface area contributed by atoms with E-state index in [1.165, 1.54) is 6.07 Å². The number of hydrogen-bond acceptors (Lipinski definition) is 5. The van der Waals surface area contributed by atoms with Gasteiger partial charge in [0.05, 0.1) is 18.8 Å². The Balaban J connectivity index is 1.82. The van der Waals surface area contributed by atoms with Crippen LogP contribution in [0.1, 0.15) is 90.6 Å². The average molecular weight is 575 g/mol. The molecule has 1 aliphatic rings. The lowest BCUT2D eigenvalue weighted by Gasteiger charge is -2.30. The smallest absolute Gasteiger partial charge is 0.253 e. The summed E-state index contributed by atoms with van der Waals surface area (Å²) in [6.45, 7) is 6.84. The molecule has 1 saturated carbocycles. The fourth-order valence-electron chi connectivity index (χ4n) is 5.40. The fourth-order valence-corrected chi connectivity index (χ4v) is 5.40. The van der Waals surface area contributed by atoms with Gasteiger partial charge >= 0.3 is 0 Å². The third-order valence-electron chi connectivity index (χ3n) is 7.42. The number of halogens is 2. The molecule has 1 aliphatic carbocycles. The van der Waals surface area contributed by atoms with Crippen molar-refractivity contribution in [3.05, 3.63) is 70.3 Å². The number of nitrogens with zero attached hydrogens (tertiary/aromatic N) is 1. The van der Waals surface area contributed by atoms with Crippen LogP contribution in [0.4, 0.5) is 8.78 Å². The Bertz CT molecular complexity index is 1130. The third-order valence-corrected chi connectivity index (χ3v) is 7.42. The van der Waals surface area contributed by atoms with Gasteiger partial charge in [0.25, 0.3) is 11.8 Å². The molecule has 0 unspecified atom stereocenters. The van der Waals surface area contributed by atoms with Crippen molar-refractivity contribution in [1.82, 2.24) is 10.2 Å². The molecule has 2 aromatic carbocycles. The summed E-state index contributed by atoms with van der Waals surface area (Å²) in [6, 6.07) is 6.77. The lowest BCUT2D eigenvalue weighted by atomic mass is 9.96. The fraction of sp³-hybridized carbons (Fsp3) is 0.562. The second-order valence-electron chi connectivity index (χ2n) is 11.1. The first-order valence-corrected chi connectivity index (χ1v) is 14.8. The van der Waals surface area contributed by atoms with Crippen LogP contribution in [0.5, 0.6) is 0 Å². The van der Waals surface area contributed by atoms with Gasteiger partial charge in [-0.3, -0.25) is 9.59 Å². The molecule has 0 bridgehead atoms. The van der Waals surface area contributed by atoms with Crippen molar-refractivity contribution in [1.29, 1.82) is 0 Å². The maximum Gasteiger partial charge on any atom is 0.253 e. The summed E-state index contributed by atoms with van der Waals surface area (Å²) in [5.41, 5.74) is 1.50. The lowest BCUT2D eigenvalue weighted by Crippen LogP contribution is -2.51. The minimum Gasteiger partial charge on any atom is -0.388 e. The van der Waals surface area contributed by atoms with Crippen LogP contribution in [0.2, 0.25) is 0 Å². The number of ether oxygens (including phenoxy) is 1. The number of aliphatic hydroxyl groups is 2. The summed E-state index contributed by atoms with van der Waals surface area (Å²) >= 11 is 0. The van der Waals surface area contributed by atoms with E-state index in [9.17, 15) is 28.6 Å². The zero-order chi connectivity index (χ0) is 29.9. The summed E-state index contributed by atoms with van der Waals surface area (Å²) < 4.78 is 33.7. The third kappa shape index (κ3) is 9.87. The second kappa shape index (κ2) is 15.9. The summed E-state index contributed by atoms with van der Waals surface area (Å²) in [6.07, 6.45) is 3.64. The summed E-state index contributed by atoms with van der Waals surface area (Å²) in [4.78, 5) is 28.4. The predicted molar refractivity (Wildman–Crippen MR) is 154 cm³/mol. The summed E-state index contributed by atoms with van der Waals surface area (Å²) in [5, 5.41) is 24.6. The number of carbonyl (C=O) groups excluding carboxylic acids is 2. The summed E-state index contributed by atoms with van der Waals surface area (Å²) in [7, 11) is 0. The van der Waals surface area contributed by atoms with Gasteiger partial charge in [-0.05, 0) is 80.5 Å². The minimum atomic E-state index is -1.48. The van der Waals surface area contributed by atoms with Gasteiger partial charge in [-0.2, -0.15) is 0 Å². The second-order valence-corrected chi connectivity index (χ2v) is 11.1. The van der Waals surface area contributed by atoms with Crippen molar-refractivity contribution in [2.45, 2.75) is 96.5 Å². The van der Waals surface area contributed by atoms with Crippen molar-refractivity contribution in [2.75, 3.05) is 19.7 Å². The standard InChI is InChI=1S/C32H44F2N2O5/c1-4-11-36(12-5-2)32(40)24-14-21(3)13-23(18-24)31(39)35-28(17-22-15-25(33)19-26(34)16-22)30(38)29(37)20-41-27-9-7-6-8-10-27/h13-16,18-19,27-30,37-38H,4-12,17,20H2,1-3H3,(H,35,39)/t28-,29+,30+/m0/s1. The SMILES string of the molecule is CCCN(CCC)C(=O)c1cc(C)cc(C(=O)N[C@@H](Cc2cc(F)cc(F)c2)[C@@H](O)[C@H](O)COC2CCCCC2)c1. The van der Waals surface area contributed by atoms with Crippen LogP contribution in [0.15, 0.2) is 36.4 Å². The van der Waals surface area contributed by atoms with Crippen LogP contribution < -0.4 is 5.32 Å². The molecular weight excluding hydrogens is 530 g/mol. The van der Waals surface area contributed by atoms with Gasteiger partial charge in [0.15, 0.2) is 0 Å². The van der Waals surface area contributed by atoms with Crippen LogP contribution in [-0.4, -0.2) is 71.0 Å². The maximum atomic E-state index is 13.9.